The van der Waals surface area contributed by atoms with E-state index in [9.17, 15) is 0 Å². The van der Waals surface area contributed by atoms with Crippen molar-refractivity contribution in [3.8, 4) is 11.4 Å². The van der Waals surface area contributed by atoms with Crippen LogP contribution < -0.4 is 0 Å². The van der Waals surface area contributed by atoms with Crippen molar-refractivity contribution in [3.05, 3.63) is 107 Å². The zero-order valence-electron chi connectivity index (χ0n) is 16.7. The summed E-state index contributed by atoms with van der Waals surface area (Å²) >= 11 is 6.51. The summed E-state index contributed by atoms with van der Waals surface area (Å²) in [4.78, 5) is 0. The van der Waals surface area contributed by atoms with Crippen molar-refractivity contribution in [1.29, 1.82) is 0 Å². The second kappa shape index (κ2) is 8.22. The van der Waals surface area contributed by atoms with Gasteiger partial charge in [-0.3, -0.25) is 0 Å². The predicted molar refractivity (Wildman–Crippen MR) is 119 cm³/mol. The van der Waals surface area contributed by atoms with E-state index in [-0.39, 0.29) is 5.41 Å². The van der Waals surface area contributed by atoms with Crippen molar-refractivity contribution >= 4 is 11.6 Å². The summed E-state index contributed by atoms with van der Waals surface area (Å²) in [7, 11) is 0. The Morgan fingerprint density at radius 1 is 0.793 bits per heavy atom. The van der Waals surface area contributed by atoms with Crippen LogP contribution in [0.2, 0.25) is 5.02 Å². The molecule has 0 spiro atoms. The van der Waals surface area contributed by atoms with E-state index in [1.165, 1.54) is 11.1 Å². The molecule has 4 rings (SSSR count). The fourth-order valence-electron chi connectivity index (χ4n) is 3.69. The maximum atomic E-state index is 6.51. The van der Waals surface area contributed by atoms with Crippen LogP contribution in [0.15, 0.2) is 84.9 Å². The number of aryl methyl sites for hydroxylation is 1. The monoisotopic (exact) mass is 401 g/mol. The van der Waals surface area contributed by atoms with Crippen LogP contribution in [0.25, 0.3) is 11.4 Å². The van der Waals surface area contributed by atoms with Gasteiger partial charge < -0.3 is 4.57 Å². The highest BCUT2D eigenvalue weighted by Gasteiger charge is 2.31. The van der Waals surface area contributed by atoms with Gasteiger partial charge in [0.1, 0.15) is 5.82 Å². The Hall–Kier alpha value is -2.91. The van der Waals surface area contributed by atoms with Gasteiger partial charge in [0.25, 0.3) is 0 Å². The molecule has 0 bridgehead atoms. The van der Waals surface area contributed by atoms with Crippen molar-refractivity contribution in [1.82, 2.24) is 14.8 Å². The minimum Gasteiger partial charge on any atom is -0.310 e. The highest BCUT2D eigenvalue weighted by Crippen LogP contribution is 2.34. The minimum atomic E-state index is -0.287. The molecule has 0 fully saturated rings. The summed E-state index contributed by atoms with van der Waals surface area (Å²) in [6.45, 7) is 5.17. The Morgan fingerprint density at radius 3 is 2.10 bits per heavy atom. The molecule has 146 valence electrons. The van der Waals surface area contributed by atoms with Crippen LogP contribution in [0.4, 0.5) is 0 Å². The van der Waals surface area contributed by atoms with E-state index in [1.54, 1.807) is 0 Å². The van der Waals surface area contributed by atoms with Gasteiger partial charge in [-0.05, 0) is 43.5 Å². The number of halogens is 1. The van der Waals surface area contributed by atoms with Crippen molar-refractivity contribution in [2.75, 3.05) is 0 Å². The number of aromatic nitrogens is 3. The maximum absolute atomic E-state index is 6.51. The topological polar surface area (TPSA) is 30.7 Å². The van der Waals surface area contributed by atoms with Gasteiger partial charge in [0.05, 0.1) is 5.02 Å². The molecule has 3 nitrogen and oxygen atoms in total. The number of hydrogen-bond acceptors (Lipinski definition) is 2. The van der Waals surface area contributed by atoms with E-state index in [4.69, 9.17) is 11.6 Å². The lowest BCUT2D eigenvalue weighted by atomic mass is 9.83. The summed E-state index contributed by atoms with van der Waals surface area (Å²) in [5, 5.41) is 9.91. The predicted octanol–water partition coefficient (Wildman–Crippen LogP) is 6.17. The van der Waals surface area contributed by atoms with E-state index in [1.807, 2.05) is 36.4 Å². The molecule has 0 atom stereocenters. The Morgan fingerprint density at radius 2 is 1.41 bits per heavy atom. The first-order valence-electron chi connectivity index (χ1n) is 9.85. The molecule has 0 aliphatic carbocycles. The minimum absolute atomic E-state index is 0.287. The third kappa shape index (κ3) is 3.96. The molecule has 0 saturated carbocycles. The second-order valence-electron chi connectivity index (χ2n) is 7.71. The largest absolute Gasteiger partial charge is 0.310 e. The normalized spacial score (nSPS) is 11.6. The Labute approximate surface area is 177 Å². The molecule has 0 N–H and O–H groups in total. The second-order valence-corrected chi connectivity index (χ2v) is 8.11. The van der Waals surface area contributed by atoms with Gasteiger partial charge in [0.2, 0.25) is 0 Å². The SMILES string of the molecule is CC(C)(c1ccccc1)c1nnc(-c2ccccc2Cl)n1CCc1ccccc1. The van der Waals surface area contributed by atoms with Crippen LogP contribution in [-0.4, -0.2) is 14.8 Å². The number of nitrogens with zero attached hydrogens (tertiary/aromatic N) is 3. The lowest BCUT2D eigenvalue weighted by Gasteiger charge is -2.26. The lowest BCUT2D eigenvalue weighted by Crippen LogP contribution is -2.25. The molecule has 4 aromatic rings. The Balaban J connectivity index is 1.80. The molecule has 0 aliphatic rings. The van der Waals surface area contributed by atoms with Gasteiger partial charge in [-0.2, -0.15) is 0 Å². The zero-order chi connectivity index (χ0) is 20.3. The van der Waals surface area contributed by atoms with Crippen molar-refractivity contribution in [2.45, 2.75) is 32.2 Å². The van der Waals surface area contributed by atoms with Gasteiger partial charge in [-0.15, -0.1) is 10.2 Å². The molecule has 1 heterocycles. The fourth-order valence-corrected chi connectivity index (χ4v) is 3.91. The summed E-state index contributed by atoms with van der Waals surface area (Å²) < 4.78 is 2.22. The zero-order valence-corrected chi connectivity index (χ0v) is 17.5. The molecule has 0 radical (unpaired) electrons. The van der Waals surface area contributed by atoms with Gasteiger partial charge in [-0.1, -0.05) is 84.4 Å². The molecule has 4 heteroatoms. The molecule has 0 unspecified atom stereocenters. The molecule has 0 aliphatic heterocycles. The smallest absolute Gasteiger partial charge is 0.165 e. The van der Waals surface area contributed by atoms with Gasteiger partial charge >= 0.3 is 0 Å². The summed E-state index contributed by atoms with van der Waals surface area (Å²) in [6, 6.07) is 28.8. The molecule has 0 saturated heterocycles. The van der Waals surface area contributed by atoms with Crippen molar-refractivity contribution in [2.24, 2.45) is 0 Å². The maximum Gasteiger partial charge on any atom is 0.165 e. The summed E-state index contributed by atoms with van der Waals surface area (Å²) in [5.74, 6) is 1.75. The average Bonchev–Trinajstić information content (AvgIpc) is 3.18. The number of benzene rings is 3. The van der Waals surface area contributed by atoms with Crippen LogP contribution in [-0.2, 0) is 18.4 Å². The molecule has 29 heavy (non-hydrogen) atoms. The van der Waals surface area contributed by atoms with Gasteiger partial charge in [-0.25, -0.2) is 0 Å². The van der Waals surface area contributed by atoms with Crippen LogP contribution in [0.1, 0.15) is 30.8 Å². The average molecular weight is 402 g/mol. The van der Waals surface area contributed by atoms with E-state index >= 15 is 0 Å². The standard InChI is InChI=1S/C25H24ClN3/c1-25(2,20-13-7-4-8-14-20)24-28-27-23(21-15-9-10-16-22(21)26)29(24)18-17-19-11-5-3-6-12-19/h3-16H,17-18H2,1-2H3. The van der Waals surface area contributed by atoms with Crippen molar-refractivity contribution in [3.63, 3.8) is 0 Å². The van der Waals surface area contributed by atoms with E-state index in [2.05, 4.69) is 77.1 Å². The third-order valence-corrected chi connectivity index (χ3v) is 5.72. The van der Waals surface area contributed by atoms with Crippen LogP contribution in [0.3, 0.4) is 0 Å². The van der Waals surface area contributed by atoms with Crippen molar-refractivity contribution < 1.29 is 0 Å². The summed E-state index contributed by atoms with van der Waals surface area (Å²) in [5.41, 5.74) is 3.11. The first-order chi connectivity index (χ1) is 14.1. The molecule has 3 aromatic carbocycles. The number of rotatable bonds is 6. The summed E-state index contributed by atoms with van der Waals surface area (Å²) in [6.07, 6.45) is 0.897. The van der Waals surface area contributed by atoms with Gasteiger partial charge in [0.15, 0.2) is 5.82 Å². The third-order valence-electron chi connectivity index (χ3n) is 5.39. The Kier molecular flexibility index (Phi) is 5.50. The molecular formula is C25H24ClN3. The van der Waals surface area contributed by atoms with Crippen LogP contribution in [0, 0.1) is 0 Å². The molecular weight excluding hydrogens is 378 g/mol. The first kappa shape index (κ1) is 19.4. The van der Waals surface area contributed by atoms with E-state index in [0.29, 0.717) is 5.02 Å². The molecule has 0 amide bonds. The highest BCUT2D eigenvalue weighted by atomic mass is 35.5. The van der Waals surface area contributed by atoms with Crippen LogP contribution in [0.5, 0.6) is 0 Å². The highest BCUT2D eigenvalue weighted by molar-refractivity contribution is 6.33. The van der Waals surface area contributed by atoms with Gasteiger partial charge in [0, 0.05) is 17.5 Å². The number of hydrogen-bond donors (Lipinski definition) is 0. The van der Waals surface area contributed by atoms with E-state index in [0.717, 1.165) is 30.2 Å². The molecule has 1 aromatic heterocycles. The Bertz CT molecular complexity index is 1090. The lowest BCUT2D eigenvalue weighted by molar-refractivity contribution is 0.531. The first-order valence-corrected chi connectivity index (χ1v) is 10.2. The van der Waals surface area contributed by atoms with E-state index < -0.39 is 0 Å². The van der Waals surface area contributed by atoms with Crippen LogP contribution >= 0.6 is 11.6 Å². The quantitative estimate of drug-likeness (QED) is 0.387. The fraction of sp³-hybridized carbons (Fsp3) is 0.200.